The average molecular weight is 237 g/mol. The summed E-state index contributed by atoms with van der Waals surface area (Å²) in [5.41, 5.74) is -4.34. The van der Waals surface area contributed by atoms with Crippen LogP contribution in [0.5, 0.6) is 0 Å². The number of aryl methyl sites for hydroxylation is 1. The summed E-state index contributed by atoms with van der Waals surface area (Å²) in [6.45, 7) is 1.40. The van der Waals surface area contributed by atoms with E-state index in [0.717, 1.165) is 18.2 Å². The highest BCUT2D eigenvalue weighted by Crippen LogP contribution is 2.39. The predicted octanol–water partition coefficient (Wildman–Crippen LogP) is 3.52. The first kappa shape index (κ1) is 11.8. The van der Waals surface area contributed by atoms with E-state index in [-0.39, 0.29) is 27.9 Å². The van der Waals surface area contributed by atoms with Crippen LogP contribution in [0.2, 0.25) is 0 Å². The lowest BCUT2D eigenvalue weighted by Crippen LogP contribution is -2.00. The van der Waals surface area contributed by atoms with Gasteiger partial charge in [0.25, 0.3) is 5.69 Å². The third kappa shape index (κ3) is 3.43. The van der Waals surface area contributed by atoms with E-state index in [1.807, 2.05) is 0 Å². The second-order valence-electron chi connectivity index (χ2n) is 2.75. The van der Waals surface area contributed by atoms with Gasteiger partial charge in [-0.05, 0) is 30.3 Å². The highest BCUT2D eigenvalue weighted by atomic mass is 32.2. The van der Waals surface area contributed by atoms with Gasteiger partial charge in [-0.1, -0.05) is 0 Å². The molecule has 0 radical (unpaired) electrons. The van der Waals surface area contributed by atoms with Gasteiger partial charge in [-0.2, -0.15) is 13.2 Å². The highest BCUT2D eigenvalue weighted by molar-refractivity contribution is 8.00. The fourth-order valence-electron chi connectivity index (χ4n) is 0.986. The van der Waals surface area contributed by atoms with Crippen LogP contribution in [0.25, 0.3) is 0 Å². The van der Waals surface area contributed by atoms with Crippen LogP contribution in [0.3, 0.4) is 0 Å². The average Bonchev–Trinajstić information content (AvgIpc) is 2.05. The molecule has 82 valence electrons. The Bertz CT molecular complexity index is 392. The van der Waals surface area contributed by atoms with E-state index >= 15 is 0 Å². The summed E-state index contributed by atoms with van der Waals surface area (Å²) in [5.74, 6) is 0. The molecule has 3 nitrogen and oxygen atoms in total. The van der Waals surface area contributed by atoms with Crippen molar-refractivity contribution in [1.82, 2.24) is 0 Å². The number of non-ortho nitro benzene ring substituents is 1. The van der Waals surface area contributed by atoms with Crippen molar-refractivity contribution >= 4 is 17.4 Å². The zero-order valence-electron chi connectivity index (χ0n) is 7.54. The summed E-state index contributed by atoms with van der Waals surface area (Å²) in [6.07, 6.45) is 0. The van der Waals surface area contributed by atoms with Gasteiger partial charge in [0.2, 0.25) is 0 Å². The smallest absolute Gasteiger partial charge is 0.258 e. The number of halogens is 3. The number of hydrogen-bond acceptors (Lipinski definition) is 3. The molecule has 0 aliphatic rings. The van der Waals surface area contributed by atoms with Gasteiger partial charge >= 0.3 is 5.51 Å². The molecule has 15 heavy (non-hydrogen) atoms. The Hall–Kier alpha value is -1.24. The molecule has 0 saturated heterocycles. The van der Waals surface area contributed by atoms with Gasteiger partial charge in [0, 0.05) is 17.0 Å². The normalized spacial score (nSPS) is 11.5. The maximum absolute atomic E-state index is 12.0. The predicted molar refractivity (Wildman–Crippen MR) is 49.7 cm³/mol. The first-order chi connectivity index (χ1) is 6.79. The van der Waals surface area contributed by atoms with E-state index in [1.165, 1.54) is 6.92 Å². The lowest BCUT2D eigenvalue weighted by molar-refractivity contribution is -0.385. The summed E-state index contributed by atoms with van der Waals surface area (Å²) >= 11 is -0.275. The molecule has 0 bridgehead atoms. The van der Waals surface area contributed by atoms with Gasteiger partial charge in [-0.3, -0.25) is 10.1 Å². The minimum atomic E-state index is -4.37. The Labute approximate surface area is 87.4 Å². The molecule has 0 fully saturated rings. The van der Waals surface area contributed by atoms with Crippen LogP contribution in [-0.4, -0.2) is 10.4 Å². The second kappa shape index (κ2) is 4.09. The number of hydrogen-bond donors (Lipinski definition) is 0. The molecular formula is C8H6F3NO2S. The molecule has 1 rings (SSSR count). The van der Waals surface area contributed by atoms with Crippen molar-refractivity contribution in [3.63, 3.8) is 0 Å². The highest BCUT2D eigenvalue weighted by Gasteiger charge is 2.30. The number of rotatable bonds is 2. The number of benzene rings is 1. The van der Waals surface area contributed by atoms with Gasteiger partial charge < -0.3 is 0 Å². The Kier molecular flexibility index (Phi) is 3.23. The summed E-state index contributed by atoms with van der Waals surface area (Å²) in [5, 5.41) is 10.3. The van der Waals surface area contributed by atoms with Crippen molar-refractivity contribution < 1.29 is 18.1 Å². The van der Waals surface area contributed by atoms with Crippen molar-refractivity contribution in [3.8, 4) is 0 Å². The molecule has 0 N–H and O–H groups in total. The van der Waals surface area contributed by atoms with E-state index in [2.05, 4.69) is 0 Å². The molecular weight excluding hydrogens is 231 g/mol. The minimum Gasteiger partial charge on any atom is -0.258 e. The van der Waals surface area contributed by atoms with Crippen LogP contribution in [0.15, 0.2) is 23.1 Å². The van der Waals surface area contributed by atoms with Crippen molar-refractivity contribution in [3.05, 3.63) is 33.9 Å². The minimum absolute atomic E-state index is 0.0203. The first-order valence-electron chi connectivity index (χ1n) is 3.80. The molecule has 0 spiro atoms. The van der Waals surface area contributed by atoms with Gasteiger partial charge in [0.05, 0.1) is 4.92 Å². The topological polar surface area (TPSA) is 43.1 Å². The van der Waals surface area contributed by atoms with Crippen molar-refractivity contribution in [2.75, 3.05) is 0 Å². The Morgan fingerprint density at radius 3 is 2.40 bits per heavy atom. The lowest BCUT2D eigenvalue weighted by atomic mass is 10.2. The summed E-state index contributed by atoms with van der Waals surface area (Å²) in [6, 6.07) is 3.28. The quantitative estimate of drug-likeness (QED) is 0.449. The van der Waals surface area contributed by atoms with Crippen LogP contribution in [0.1, 0.15) is 5.56 Å². The third-order valence-corrected chi connectivity index (χ3v) is 2.50. The fourth-order valence-corrected chi connectivity index (χ4v) is 1.59. The third-order valence-electron chi connectivity index (χ3n) is 1.60. The molecule has 0 saturated carbocycles. The maximum atomic E-state index is 12.0. The van der Waals surface area contributed by atoms with E-state index in [9.17, 15) is 23.3 Å². The number of nitro benzene ring substituents is 1. The molecule has 0 aromatic heterocycles. The SMILES string of the molecule is Cc1cc([N+](=O)[O-])ccc1SC(F)(F)F. The zero-order chi connectivity index (χ0) is 11.6. The molecule has 1 aromatic rings. The van der Waals surface area contributed by atoms with Crippen LogP contribution in [-0.2, 0) is 0 Å². The molecule has 0 heterocycles. The molecule has 1 aromatic carbocycles. The summed E-state index contributed by atoms with van der Waals surface area (Å²) in [4.78, 5) is 9.66. The summed E-state index contributed by atoms with van der Waals surface area (Å²) < 4.78 is 36.0. The maximum Gasteiger partial charge on any atom is 0.446 e. The molecule has 0 amide bonds. The van der Waals surface area contributed by atoms with E-state index in [0.29, 0.717) is 0 Å². The second-order valence-corrected chi connectivity index (χ2v) is 3.86. The molecule has 0 aliphatic carbocycles. The Morgan fingerprint density at radius 1 is 1.40 bits per heavy atom. The van der Waals surface area contributed by atoms with Crippen LogP contribution in [0, 0.1) is 17.0 Å². The fraction of sp³-hybridized carbons (Fsp3) is 0.250. The number of nitrogens with zero attached hydrogens (tertiary/aromatic N) is 1. The number of alkyl halides is 3. The number of thioether (sulfide) groups is 1. The molecule has 0 aliphatic heterocycles. The van der Waals surface area contributed by atoms with Crippen molar-refractivity contribution in [2.24, 2.45) is 0 Å². The van der Waals surface area contributed by atoms with Gasteiger partial charge in [0.1, 0.15) is 0 Å². The van der Waals surface area contributed by atoms with Crippen molar-refractivity contribution in [2.45, 2.75) is 17.3 Å². The molecule has 7 heteroatoms. The van der Waals surface area contributed by atoms with Crippen molar-refractivity contribution in [1.29, 1.82) is 0 Å². The lowest BCUT2D eigenvalue weighted by Gasteiger charge is -2.07. The Balaban J connectivity index is 2.99. The zero-order valence-corrected chi connectivity index (χ0v) is 8.35. The first-order valence-corrected chi connectivity index (χ1v) is 4.62. The molecule has 0 unspecified atom stereocenters. The van der Waals surface area contributed by atoms with Crippen LogP contribution < -0.4 is 0 Å². The van der Waals surface area contributed by atoms with Gasteiger partial charge in [-0.15, -0.1) is 0 Å². The van der Waals surface area contributed by atoms with Gasteiger partial charge in [-0.25, -0.2) is 0 Å². The van der Waals surface area contributed by atoms with E-state index in [4.69, 9.17) is 0 Å². The van der Waals surface area contributed by atoms with Crippen LogP contribution >= 0.6 is 11.8 Å². The van der Waals surface area contributed by atoms with E-state index in [1.54, 1.807) is 0 Å². The van der Waals surface area contributed by atoms with Gasteiger partial charge in [0.15, 0.2) is 0 Å². The summed E-state index contributed by atoms with van der Waals surface area (Å²) in [7, 11) is 0. The standard InChI is InChI=1S/C8H6F3NO2S/c1-5-4-6(12(13)14)2-3-7(5)15-8(9,10)11/h2-4H,1H3. The monoisotopic (exact) mass is 237 g/mol. The Morgan fingerprint density at radius 2 is 2.00 bits per heavy atom. The van der Waals surface area contributed by atoms with Crippen LogP contribution in [0.4, 0.5) is 18.9 Å². The number of nitro groups is 1. The largest absolute Gasteiger partial charge is 0.446 e. The molecule has 0 atom stereocenters. The van der Waals surface area contributed by atoms with E-state index < -0.39 is 10.4 Å².